The topological polar surface area (TPSA) is 64.0 Å². The van der Waals surface area contributed by atoms with Crippen LogP contribution in [0.15, 0.2) is 28.2 Å². The second kappa shape index (κ2) is 9.18. The molecule has 1 amide bonds. The van der Waals surface area contributed by atoms with Crippen molar-refractivity contribution in [2.24, 2.45) is 0 Å². The van der Waals surface area contributed by atoms with Gasteiger partial charge in [-0.2, -0.15) is 0 Å². The maximum atomic E-state index is 14.0. The molecule has 1 fully saturated rings. The zero-order chi connectivity index (χ0) is 23.1. The molecule has 1 aromatic carbocycles. The monoisotopic (exact) mass is 489 g/mol. The molecule has 0 bridgehead atoms. The average Bonchev–Trinajstić information content (AvgIpc) is 3.44. The van der Waals surface area contributed by atoms with Gasteiger partial charge in [-0.15, -0.1) is 11.3 Å². The predicted molar refractivity (Wildman–Crippen MR) is 128 cm³/mol. The number of thioether (sulfide) groups is 1. The molecule has 1 saturated carbocycles. The quantitative estimate of drug-likeness (QED) is 0.361. The van der Waals surface area contributed by atoms with Gasteiger partial charge in [-0.05, 0) is 63.1 Å². The lowest BCUT2D eigenvalue weighted by Crippen LogP contribution is -2.29. The number of hydrogen-bond acceptors (Lipinski definition) is 5. The first-order valence-corrected chi connectivity index (χ1v) is 13.1. The fourth-order valence-electron chi connectivity index (χ4n) is 4.82. The maximum absolute atomic E-state index is 14.0. The van der Waals surface area contributed by atoms with Crippen LogP contribution in [-0.4, -0.2) is 20.7 Å². The summed E-state index contributed by atoms with van der Waals surface area (Å²) in [5.41, 5.74) is 0.682. The highest BCUT2D eigenvalue weighted by atomic mass is 32.2. The average molecular weight is 490 g/mol. The number of rotatable bonds is 5. The maximum Gasteiger partial charge on any atom is 0.263 e. The molecule has 2 heterocycles. The summed E-state index contributed by atoms with van der Waals surface area (Å²) < 4.78 is 29.8. The number of thiophene rings is 1. The number of nitrogens with one attached hydrogen (secondary N) is 1. The number of aromatic nitrogens is 2. The number of aryl methyl sites for hydroxylation is 2. The lowest BCUT2D eigenvalue weighted by atomic mass is 9.97. The van der Waals surface area contributed by atoms with E-state index in [2.05, 4.69) is 5.32 Å². The zero-order valence-electron chi connectivity index (χ0n) is 18.3. The van der Waals surface area contributed by atoms with Gasteiger partial charge in [0.15, 0.2) is 5.16 Å². The molecule has 9 heteroatoms. The van der Waals surface area contributed by atoms with E-state index in [9.17, 15) is 18.4 Å². The van der Waals surface area contributed by atoms with Crippen LogP contribution in [0, 0.1) is 11.6 Å². The first-order chi connectivity index (χ1) is 15.9. The molecule has 0 saturated heterocycles. The fourth-order valence-corrected chi connectivity index (χ4v) is 7.10. The molecule has 0 spiro atoms. The van der Waals surface area contributed by atoms with Crippen LogP contribution in [0.1, 0.15) is 61.9 Å². The Morgan fingerprint density at radius 1 is 1.18 bits per heavy atom. The Labute approximate surface area is 198 Å². The van der Waals surface area contributed by atoms with Gasteiger partial charge < -0.3 is 5.32 Å². The summed E-state index contributed by atoms with van der Waals surface area (Å²) >= 11 is 2.76. The Bertz CT molecular complexity index is 1260. The van der Waals surface area contributed by atoms with Crippen LogP contribution in [0.4, 0.5) is 14.5 Å². The zero-order valence-corrected chi connectivity index (χ0v) is 20.0. The Balaban J connectivity index is 1.51. The van der Waals surface area contributed by atoms with Crippen LogP contribution in [-0.2, 0) is 17.6 Å². The Morgan fingerprint density at radius 3 is 2.61 bits per heavy atom. The Morgan fingerprint density at radius 2 is 1.88 bits per heavy atom. The summed E-state index contributed by atoms with van der Waals surface area (Å²) in [6, 6.07) is 3.51. The highest BCUT2D eigenvalue weighted by molar-refractivity contribution is 8.00. The third kappa shape index (κ3) is 4.21. The molecule has 1 N–H and O–H groups in total. The molecular weight excluding hydrogens is 464 g/mol. The lowest BCUT2D eigenvalue weighted by Gasteiger charge is -2.20. The van der Waals surface area contributed by atoms with Crippen molar-refractivity contribution in [1.82, 2.24) is 9.55 Å². The molecule has 3 aromatic rings. The first kappa shape index (κ1) is 22.5. The molecule has 33 heavy (non-hydrogen) atoms. The van der Waals surface area contributed by atoms with E-state index in [1.54, 1.807) is 22.8 Å². The number of benzene rings is 1. The largest absolute Gasteiger partial charge is 0.320 e. The van der Waals surface area contributed by atoms with Crippen LogP contribution in [0.3, 0.4) is 0 Å². The number of fused-ring (bicyclic) bond motifs is 3. The van der Waals surface area contributed by atoms with Crippen molar-refractivity contribution in [3.8, 4) is 0 Å². The standard InChI is InChI=1S/C24H25F2N3O2S2/c1-13(21(30)27-20-16(25)10-6-11-17(20)26)32-24-28-22-19(15-9-4-5-12-18(15)33-22)23(31)29(24)14-7-2-3-8-14/h6,10-11,13-14H,2-5,7-9,12H2,1H3,(H,27,30). The lowest BCUT2D eigenvalue weighted by molar-refractivity contribution is -0.115. The number of carbonyl (C=O) groups excluding carboxylic acids is 1. The molecule has 1 unspecified atom stereocenters. The highest BCUT2D eigenvalue weighted by Crippen LogP contribution is 2.38. The van der Waals surface area contributed by atoms with E-state index in [1.165, 1.54) is 22.7 Å². The van der Waals surface area contributed by atoms with Crippen LogP contribution in [0.2, 0.25) is 0 Å². The number of hydrogen-bond donors (Lipinski definition) is 1. The van der Waals surface area contributed by atoms with Crippen LogP contribution < -0.4 is 10.9 Å². The summed E-state index contributed by atoms with van der Waals surface area (Å²) in [4.78, 5) is 33.4. The van der Waals surface area contributed by atoms with Crippen molar-refractivity contribution in [3.05, 3.63) is 50.6 Å². The van der Waals surface area contributed by atoms with Crippen LogP contribution in [0.5, 0.6) is 0 Å². The Hall–Kier alpha value is -2.26. The molecular formula is C24H25F2N3O2S2. The number of anilines is 1. The molecule has 5 rings (SSSR count). The van der Waals surface area contributed by atoms with Gasteiger partial charge in [0.1, 0.15) is 22.2 Å². The van der Waals surface area contributed by atoms with Crippen molar-refractivity contribution in [3.63, 3.8) is 0 Å². The molecule has 5 nitrogen and oxygen atoms in total. The first-order valence-electron chi connectivity index (χ1n) is 11.4. The number of nitrogens with zero attached hydrogens (tertiary/aromatic N) is 2. The number of halogens is 2. The normalized spacial score (nSPS) is 17.3. The molecule has 1 atom stereocenters. The van der Waals surface area contributed by atoms with Gasteiger partial charge in [0, 0.05) is 10.9 Å². The number of carbonyl (C=O) groups is 1. The van der Waals surface area contributed by atoms with E-state index in [1.807, 2.05) is 0 Å². The third-order valence-electron chi connectivity index (χ3n) is 6.54. The molecule has 0 radical (unpaired) electrons. The molecule has 2 aromatic heterocycles. The van der Waals surface area contributed by atoms with Crippen LogP contribution >= 0.6 is 23.1 Å². The third-order valence-corrected chi connectivity index (χ3v) is 8.79. The predicted octanol–water partition coefficient (Wildman–Crippen LogP) is 5.85. The van der Waals surface area contributed by atoms with E-state index in [4.69, 9.17) is 4.98 Å². The number of amides is 1. The van der Waals surface area contributed by atoms with Crippen molar-refractivity contribution in [1.29, 1.82) is 0 Å². The van der Waals surface area contributed by atoms with E-state index in [0.29, 0.717) is 5.16 Å². The van der Waals surface area contributed by atoms with Gasteiger partial charge in [-0.3, -0.25) is 14.2 Å². The second-order valence-electron chi connectivity index (χ2n) is 8.74. The van der Waals surface area contributed by atoms with Gasteiger partial charge >= 0.3 is 0 Å². The summed E-state index contributed by atoms with van der Waals surface area (Å²) in [7, 11) is 0. The van der Waals surface area contributed by atoms with E-state index in [0.717, 1.165) is 79.3 Å². The molecule has 174 valence electrons. The van der Waals surface area contributed by atoms with E-state index >= 15 is 0 Å². The van der Waals surface area contributed by atoms with Crippen molar-refractivity contribution >= 4 is 44.9 Å². The minimum atomic E-state index is -0.827. The van der Waals surface area contributed by atoms with E-state index in [-0.39, 0.29) is 11.6 Å². The fraction of sp³-hybridized carbons (Fsp3) is 0.458. The van der Waals surface area contributed by atoms with Crippen molar-refractivity contribution in [2.75, 3.05) is 5.32 Å². The van der Waals surface area contributed by atoms with Gasteiger partial charge in [-0.25, -0.2) is 13.8 Å². The minimum absolute atomic E-state index is 0.0124. The van der Waals surface area contributed by atoms with Gasteiger partial charge in [0.05, 0.1) is 10.6 Å². The van der Waals surface area contributed by atoms with Crippen molar-refractivity contribution in [2.45, 2.75) is 74.7 Å². The summed E-state index contributed by atoms with van der Waals surface area (Å²) in [5, 5.41) is 2.91. The highest BCUT2D eigenvalue weighted by Gasteiger charge is 2.29. The van der Waals surface area contributed by atoms with Gasteiger partial charge in [-0.1, -0.05) is 30.7 Å². The SMILES string of the molecule is CC(Sc1nc2sc3c(c2c(=O)n1C1CCCC1)CCCC3)C(=O)Nc1c(F)cccc1F. The molecule has 2 aliphatic carbocycles. The van der Waals surface area contributed by atoms with E-state index < -0.39 is 28.5 Å². The van der Waals surface area contributed by atoms with Crippen LogP contribution in [0.25, 0.3) is 10.2 Å². The minimum Gasteiger partial charge on any atom is -0.320 e. The smallest absolute Gasteiger partial charge is 0.263 e. The summed E-state index contributed by atoms with van der Waals surface area (Å²) in [6.45, 7) is 1.66. The second-order valence-corrected chi connectivity index (χ2v) is 11.1. The summed E-state index contributed by atoms with van der Waals surface area (Å²) in [6.07, 6.45) is 8.05. The van der Waals surface area contributed by atoms with Gasteiger partial charge in [0.25, 0.3) is 5.56 Å². The summed E-state index contributed by atoms with van der Waals surface area (Å²) in [5.74, 6) is -2.19. The molecule has 0 aliphatic heterocycles. The van der Waals surface area contributed by atoms with Gasteiger partial charge in [0.2, 0.25) is 5.91 Å². The molecule has 2 aliphatic rings. The van der Waals surface area contributed by atoms with Crippen molar-refractivity contribution < 1.29 is 13.6 Å². The Kier molecular flexibility index (Phi) is 6.26. The number of para-hydroxylation sites is 1.